The summed E-state index contributed by atoms with van der Waals surface area (Å²) < 4.78 is 31.2. The Morgan fingerprint density at radius 1 is 1.29 bits per heavy atom. The summed E-state index contributed by atoms with van der Waals surface area (Å²) in [6, 6.07) is 1.64. The lowest BCUT2D eigenvalue weighted by Crippen LogP contribution is -2.28. The Balaban J connectivity index is 2.26. The number of carbonyl (C=O) groups excluding carboxylic acids is 1. The molecule has 1 aliphatic rings. The van der Waals surface area contributed by atoms with Crippen LogP contribution in [0.2, 0.25) is 5.02 Å². The van der Waals surface area contributed by atoms with Gasteiger partial charge in [-0.15, -0.1) is 0 Å². The molecule has 0 saturated carbocycles. The Morgan fingerprint density at radius 2 is 2.00 bits per heavy atom. The predicted molar refractivity (Wildman–Crippen MR) is 59.3 cm³/mol. The molecule has 1 aromatic carbocycles. The van der Waals surface area contributed by atoms with Gasteiger partial charge in [-0.05, 0) is 31.4 Å². The van der Waals surface area contributed by atoms with Crippen molar-refractivity contribution in [1.82, 2.24) is 0 Å². The number of benzene rings is 1. The maximum Gasteiger partial charge on any atom is 0.193 e. The van der Waals surface area contributed by atoms with E-state index < -0.39 is 17.7 Å². The van der Waals surface area contributed by atoms with Crippen LogP contribution in [0.3, 0.4) is 0 Å². The van der Waals surface area contributed by atoms with Crippen LogP contribution in [0.4, 0.5) is 8.78 Å². The number of rotatable bonds is 2. The van der Waals surface area contributed by atoms with E-state index >= 15 is 0 Å². The highest BCUT2D eigenvalue weighted by Gasteiger charge is 2.26. The fraction of sp³-hybridized carbons (Fsp3) is 0.417. The second-order valence-corrected chi connectivity index (χ2v) is 4.37. The molecule has 0 bridgehead atoms. The van der Waals surface area contributed by atoms with Gasteiger partial charge in [-0.25, -0.2) is 8.78 Å². The molecule has 1 aromatic rings. The summed E-state index contributed by atoms with van der Waals surface area (Å²) >= 11 is 5.73. The molecule has 1 saturated heterocycles. The van der Waals surface area contributed by atoms with E-state index in [2.05, 4.69) is 0 Å². The average Bonchev–Trinajstić information content (AvgIpc) is 2.34. The van der Waals surface area contributed by atoms with Gasteiger partial charge in [-0.1, -0.05) is 11.6 Å². The van der Waals surface area contributed by atoms with Crippen LogP contribution in [0.15, 0.2) is 12.1 Å². The number of ether oxygens (including phenoxy) is 1. The van der Waals surface area contributed by atoms with Crippen molar-refractivity contribution in [3.8, 4) is 0 Å². The van der Waals surface area contributed by atoms with Gasteiger partial charge >= 0.3 is 0 Å². The third-order valence-electron chi connectivity index (χ3n) is 2.75. The summed E-state index contributed by atoms with van der Waals surface area (Å²) in [5.41, 5.74) is -0.0162. The van der Waals surface area contributed by atoms with Crippen molar-refractivity contribution in [3.05, 3.63) is 34.4 Å². The van der Waals surface area contributed by atoms with E-state index in [1.807, 2.05) is 0 Å². The van der Waals surface area contributed by atoms with Gasteiger partial charge in [0.2, 0.25) is 0 Å². The van der Waals surface area contributed by atoms with Gasteiger partial charge in [0.1, 0.15) is 6.10 Å². The van der Waals surface area contributed by atoms with Crippen LogP contribution < -0.4 is 0 Å². The lowest BCUT2D eigenvalue weighted by Gasteiger charge is -2.21. The molecule has 2 nitrogen and oxygen atoms in total. The minimum absolute atomic E-state index is 0.0162. The fourth-order valence-electron chi connectivity index (χ4n) is 1.83. The molecule has 0 aromatic heterocycles. The quantitative estimate of drug-likeness (QED) is 0.602. The van der Waals surface area contributed by atoms with Crippen molar-refractivity contribution in [2.24, 2.45) is 0 Å². The molecule has 1 atom stereocenters. The molecule has 1 heterocycles. The summed E-state index contributed by atoms with van der Waals surface area (Å²) in [5, 5.41) is -0.0805. The number of hydrogen-bond donors (Lipinski definition) is 0. The lowest BCUT2D eigenvalue weighted by molar-refractivity contribution is 0.0186. The first-order valence-electron chi connectivity index (χ1n) is 5.40. The minimum Gasteiger partial charge on any atom is -0.370 e. The van der Waals surface area contributed by atoms with Crippen LogP contribution in [-0.2, 0) is 4.74 Å². The molecular formula is C12H11ClF2O2. The lowest BCUT2D eigenvalue weighted by atomic mass is 9.99. The smallest absolute Gasteiger partial charge is 0.193 e. The zero-order chi connectivity index (χ0) is 12.4. The molecule has 0 aliphatic carbocycles. The van der Waals surface area contributed by atoms with Gasteiger partial charge in [-0.2, -0.15) is 0 Å². The minimum atomic E-state index is -1.08. The molecule has 2 rings (SSSR count). The molecule has 0 spiro atoms. The van der Waals surface area contributed by atoms with Crippen LogP contribution >= 0.6 is 11.6 Å². The molecule has 92 valence electrons. The largest absolute Gasteiger partial charge is 0.370 e. The molecule has 0 amide bonds. The summed E-state index contributed by atoms with van der Waals surface area (Å²) in [6.45, 7) is 0.512. The van der Waals surface area contributed by atoms with Crippen molar-refractivity contribution in [3.63, 3.8) is 0 Å². The maximum atomic E-state index is 13.1. The maximum absolute atomic E-state index is 13.1. The monoisotopic (exact) mass is 260 g/mol. The summed E-state index contributed by atoms with van der Waals surface area (Å²) in [6.07, 6.45) is 1.80. The van der Waals surface area contributed by atoms with Crippen molar-refractivity contribution >= 4 is 17.4 Å². The van der Waals surface area contributed by atoms with E-state index in [0.29, 0.717) is 13.0 Å². The first-order chi connectivity index (χ1) is 8.09. The normalized spacial score (nSPS) is 20.3. The number of Topliss-reactive ketones (excluding diaryl/α,β-unsaturated/α-hetero) is 1. The van der Waals surface area contributed by atoms with E-state index in [9.17, 15) is 13.6 Å². The Kier molecular flexibility index (Phi) is 3.74. The highest BCUT2D eigenvalue weighted by Crippen LogP contribution is 2.24. The third-order valence-corrected chi connectivity index (χ3v) is 3.06. The summed E-state index contributed by atoms with van der Waals surface area (Å²) in [4.78, 5) is 12.0. The summed E-state index contributed by atoms with van der Waals surface area (Å²) in [5.74, 6) is -2.52. The second-order valence-electron chi connectivity index (χ2n) is 3.97. The molecule has 5 heteroatoms. The number of carbonyl (C=O) groups is 1. The van der Waals surface area contributed by atoms with E-state index in [1.54, 1.807) is 0 Å². The van der Waals surface area contributed by atoms with Gasteiger partial charge in [0, 0.05) is 12.2 Å². The first kappa shape index (κ1) is 12.5. The highest BCUT2D eigenvalue weighted by atomic mass is 35.5. The summed E-state index contributed by atoms with van der Waals surface area (Å²) in [7, 11) is 0. The van der Waals surface area contributed by atoms with Crippen LogP contribution in [0.1, 0.15) is 29.6 Å². The standard InChI is InChI=1S/C12H11ClF2O2/c13-8-6-10(15)9(14)5-7(8)12(16)11-3-1-2-4-17-11/h5-6,11H,1-4H2. The zero-order valence-corrected chi connectivity index (χ0v) is 9.77. The van der Waals surface area contributed by atoms with Gasteiger partial charge in [-0.3, -0.25) is 4.79 Å². The topological polar surface area (TPSA) is 26.3 Å². The fourth-order valence-corrected chi connectivity index (χ4v) is 2.08. The van der Waals surface area contributed by atoms with Crippen molar-refractivity contribution < 1.29 is 18.3 Å². The molecule has 1 aliphatic heterocycles. The Morgan fingerprint density at radius 3 is 2.65 bits per heavy atom. The van der Waals surface area contributed by atoms with Gasteiger partial charge in [0.15, 0.2) is 17.4 Å². The number of halogens is 3. The third kappa shape index (κ3) is 2.64. The number of hydrogen-bond acceptors (Lipinski definition) is 2. The molecular weight excluding hydrogens is 250 g/mol. The Hall–Kier alpha value is -1.00. The molecule has 1 fully saturated rings. The van der Waals surface area contributed by atoms with Crippen LogP contribution in [0.25, 0.3) is 0 Å². The Labute approximate surface area is 103 Å². The first-order valence-corrected chi connectivity index (χ1v) is 5.78. The van der Waals surface area contributed by atoms with Crippen LogP contribution in [0, 0.1) is 11.6 Å². The van der Waals surface area contributed by atoms with E-state index in [4.69, 9.17) is 16.3 Å². The number of ketones is 1. The second kappa shape index (κ2) is 5.10. The SMILES string of the molecule is O=C(c1cc(F)c(F)cc1Cl)C1CCCCO1. The molecule has 0 N–H and O–H groups in total. The van der Waals surface area contributed by atoms with Gasteiger partial charge in [0.25, 0.3) is 0 Å². The van der Waals surface area contributed by atoms with Gasteiger partial charge < -0.3 is 4.74 Å². The highest BCUT2D eigenvalue weighted by molar-refractivity contribution is 6.34. The average molecular weight is 261 g/mol. The van der Waals surface area contributed by atoms with E-state index in [0.717, 1.165) is 25.0 Å². The Bertz CT molecular complexity index is 442. The van der Waals surface area contributed by atoms with Gasteiger partial charge in [0.05, 0.1) is 5.02 Å². The zero-order valence-electron chi connectivity index (χ0n) is 9.01. The van der Waals surface area contributed by atoms with E-state index in [1.165, 1.54) is 0 Å². The predicted octanol–water partition coefficient (Wildman–Crippen LogP) is 3.37. The van der Waals surface area contributed by atoms with Crippen molar-refractivity contribution in [2.75, 3.05) is 6.61 Å². The molecule has 17 heavy (non-hydrogen) atoms. The van der Waals surface area contributed by atoms with Crippen molar-refractivity contribution in [2.45, 2.75) is 25.4 Å². The molecule has 1 unspecified atom stereocenters. The van der Waals surface area contributed by atoms with Crippen molar-refractivity contribution in [1.29, 1.82) is 0 Å². The van der Waals surface area contributed by atoms with Crippen LogP contribution in [0.5, 0.6) is 0 Å². The van der Waals surface area contributed by atoms with E-state index in [-0.39, 0.29) is 16.4 Å². The molecule has 0 radical (unpaired) electrons. The van der Waals surface area contributed by atoms with Crippen LogP contribution in [-0.4, -0.2) is 18.5 Å².